The van der Waals surface area contributed by atoms with Crippen LogP contribution >= 0.6 is 0 Å². The molecule has 1 N–H and O–H groups in total. The Kier molecular flexibility index (Phi) is 34.1. The molecule has 45 heavy (non-hydrogen) atoms. The van der Waals surface area contributed by atoms with Gasteiger partial charge in [-0.05, 0) is 38.5 Å². The van der Waals surface area contributed by atoms with E-state index < -0.39 is 12.1 Å². The second-order valence-corrected chi connectivity index (χ2v) is 11.9. The summed E-state index contributed by atoms with van der Waals surface area (Å²) in [5, 5.41) is 9.51. The van der Waals surface area contributed by atoms with Gasteiger partial charge in [-0.15, -0.1) is 0 Å². The van der Waals surface area contributed by atoms with Crippen molar-refractivity contribution in [3.63, 3.8) is 0 Å². The van der Waals surface area contributed by atoms with Crippen molar-refractivity contribution in [1.29, 1.82) is 0 Å². The Morgan fingerprint density at radius 2 is 0.933 bits per heavy atom. The normalized spacial score (nSPS) is 12.9. The van der Waals surface area contributed by atoms with Crippen molar-refractivity contribution in [2.45, 2.75) is 168 Å². The summed E-state index contributed by atoms with van der Waals surface area (Å²) in [6, 6.07) is 0. The van der Waals surface area contributed by atoms with E-state index in [4.69, 9.17) is 9.47 Å². The lowest BCUT2D eigenvalue weighted by Gasteiger charge is -2.15. The molecule has 0 saturated heterocycles. The smallest absolute Gasteiger partial charge is 0.310 e. The number of unbranched alkanes of at least 4 members (excludes halogenated alkanes) is 15. The first-order chi connectivity index (χ1) is 22.1. The molecule has 0 bridgehead atoms. The zero-order chi connectivity index (χ0) is 32.9. The van der Waals surface area contributed by atoms with Gasteiger partial charge in [0.05, 0.1) is 13.0 Å². The Morgan fingerprint density at radius 1 is 0.533 bits per heavy atom. The van der Waals surface area contributed by atoms with Crippen LogP contribution in [0.3, 0.4) is 0 Å². The number of aliphatic hydroxyl groups is 1. The minimum atomic E-state index is -0.824. The molecule has 0 rings (SSSR count). The third-order valence-corrected chi connectivity index (χ3v) is 7.61. The molecule has 0 aromatic rings. The maximum Gasteiger partial charge on any atom is 0.310 e. The lowest BCUT2D eigenvalue weighted by Crippen LogP contribution is -2.28. The van der Waals surface area contributed by atoms with Crippen LogP contribution in [0.15, 0.2) is 60.8 Å². The number of rotatable bonds is 32. The van der Waals surface area contributed by atoms with Crippen LogP contribution in [0.2, 0.25) is 0 Å². The van der Waals surface area contributed by atoms with Crippen LogP contribution in [0, 0.1) is 0 Å². The first-order valence-electron chi connectivity index (χ1n) is 18.3. The molecule has 0 aromatic heterocycles. The van der Waals surface area contributed by atoms with E-state index in [0.717, 1.165) is 51.4 Å². The lowest BCUT2D eigenvalue weighted by molar-refractivity contribution is -0.160. The number of hydrogen-bond donors (Lipinski definition) is 1. The van der Waals surface area contributed by atoms with E-state index in [-0.39, 0.29) is 25.6 Å². The molecule has 0 saturated carbocycles. The van der Waals surface area contributed by atoms with E-state index >= 15 is 0 Å². The Balaban J connectivity index is 3.69. The van der Waals surface area contributed by atoms with Crippen molar-refractivity contribution < 1.29 is 24.2 Å². The molecular weight excluding hydrogens is 560 g/mol. The Hall–Kier alpha value is -2.40. The first-order valence-corrected chi connectivity index (χ1v) is 18.3. The van der Waals surface area contributed by atoms with E-state index in [1.807, 2.05) is 6.08 Å². The van der Waals surface area contributed by atoms with Crippen LogP contribution in [0.1, 0.15) is 162 Å². The maximum absolute atomic E-state index is 12.1. The summed E-state index contributed by atoms with van der Waals surface area (Å²) in [5.41, 5.74) is 0. The van der Waals surface area contributed by atoms with Crippen LogP contribution in [-0.2, 0) is 19.1 Å². The second kappa shape index (κ2) is 36.1. The van der Waals surface area contributed by atoms with Gasteiger partial charge in [-0.3, -0.25) is 9.59 Å². The highest BCUT2D eigenvalue weighted by molar-refractivity contribution is 5.71. The minimum absolute atomic E-state index is 0.106. The van der Waals surface area contributed by atoms with Crippen LogP contribution in [0.25, 0.3) is 0 Å². The molecule has 5 nitrogen and oxygen atoms in total. The highest BCUT2D eigenvalue weighted by Gasteiger charge is 2.15. The second-order valence-electron chi connectivity index (χ2n) is 11.9. The van der Waals surface area contributed by atoms with Gasteiger partial charge in [0, 0.05) is 6.42 Å². The third kappa shape index (κ3) is 34.3. The Labute approximate surface area is 277 Å². The highest BCUT2D eigenvalue weighted by atomic mass is 16.6. The average molecular weight is 629 g/mol. The molecular formula is C40H68O5. The maximum atomic E-state index is 12.1. The van der Waals surface area contributed by atoms with E-state index in [0.29, 0.717) is 6.42 Å². The molecule has 1 atom stereocenters. The molecule has 0 aliphatic heterocycles. The van der Waals surface area contributed by atoms with Gasteiger partial charge in [0.2, 0.25) is 0 Å². The zero-order valence-electron chi connectivity index (χ0n) is 29.1. The fourth-order valence-electron chi connectivity index (χ4n) is 4.86. The van der Waals surface area contributed by atoms with Gasteiger partial charge in [-0.25, -0.2) is 0 Å². The number of aliphatic hydroxyl groups excluding tert-OH is 1. The van der Waals surface area contributed by atoms with Crippen molar-refractivity contribution in [2.75, 3.05) is 13.2 Å². The molecule has 0 radical (unpaired) electrons. The molecule has 1 unspecified atom stereocenters. The lowest BCUT2D eigenvalue weighted by atomic mass is 10.0. The molecule has 0 spiro atoms. The van der Waals surface area contributed by atoms with Gasteiger partial charge in [-0.2, -0.15) is 0 Å². The van der Waals surface area contributed by atoms with Gasteiger partial charge in [0.15, 0.2) is 6.10 Å². The van der Waals surface area contributed by atoms with Gasteiger partial charge < -0.3 is 14.6 Å². The van der Waals surface area contributed by atoms with Gasteiger partial charge in [0.1, 0.15) is 6.61 Å². The summed E-state index contributed by atoms with van der Waals surface area (Å²) >= 11 is 0. The fraction of sp³-hybridized carbons (Fsp3) is 0.700. The van der Waals surface area contributed by atoms with E-state index in [9.17, 15) is 14.7 Å². The number of carbonyl (C=O) groups is 2. The number of hydrogen-bond acceptors (Lipinski definition) is 5. The average Bonchev–Trinajstić information content (AvgIpc) is 3.04. The van der Waals surface area contributed by atoms with Gasteiger partial charge >= 0.3 is 11.9 Å². The summed E-state index contributed by atoms with van der Waals surface area (Å²) in [7, 11) is 0. The SMILES string of the molecule is CC/C=C\C/C=C\C/C=C\C/C=C\C/C=C\CC(=O)OC(CO)COC(=O)CCCCCCCCCCCCCCCCCC. The number of carbonyl (C=O) groups excluding carboxylic acids is 2. The molecule has 5 heteroatoms. The number of allylic oxidation sites excluding steroid dienone is 9. The zero-order valence-corrected chi connectivity index (χ0v) is 29.1. The van der Waals surface area contributed by atoms with E-state index in [1.165, 1.54) is 83.5 Å². The van der Waals surface area contributed by atoms with Crippen molar-refractivity contribution in [3.8, 4) is 0 Å². The van der Waals surface area contributed by atoms with Crippen LogP contribution < -0.4 is 0 Å². The summed E-state index contributed by atoms with van der Waals surface area (Å²) < 4.78 is 10.5. The van der Waals surface area contributed by atoms with Gasteiger partial charge in [-0.1, -0.05) is 171 Å². The summed E-state index contributed by atoms with van der Waals surface area (Å²) in [4.78, 5) is 24.1. The fourth-order valence-corrected chi connectivity index (χ4v) is 4.86. The van der Waals surface area contributed by atoms with Crippen LogP contribution in [0.4, 0.5) is 0 Å². The van der Waals surface area contributed by atoms with Crippen LogP contribution in [-0.4, -0.2) is 36.4 Å². The van der Waals surface area contributed by atoms with Crippen molar-refractivity contribution >= 4 is 11.9 Å². The number of esters is 2. The Bertz CT molecular complexity index is 808. The predicted molar refractivity (Wildman–Crippen MR) is 191 cm³/mol. The van der Waals surface area contributed by atoms with E-state index in [2.05, 4.69) is 62.5 Å². The predicted octanol–water partition coefficient (Wildman–Crippen LogP) is 11.2. The molecule has 0 aromatic carbocycles. The minimum Gasteiger partial charge on any atom is -0.462 e. The van der Waals surface area contributed by atoms with Crippen molar-refractivity contribution in [2.24, 2.45) is 0 Å². The van der Waals surface area contributed by atoms with Crippen molar-refractivity contribution in [3.05, 3.63) is 60.8 Å². The first kappa shape index (κ1) is 42.6. The standard InChI is InChI=1S/C40H68O5/c1-3-5-7-9-11-13-15-17-19-21-22-24-26-28-30-32-34-39(42)44-37-38(36-41)45-40(43)35-33-31-29-27-25-23-20-18-16-14-12-10-8-6-4-2/h6,8,12,14,18,20,25,27,31,33,38,41H,3-5,7,9-11,13,15-17,19,21-24,26,28-30,32,34-37H2,1-2H3/b8-6-,14-12-,20-18-,27-25-,33-31-. The summed E-state index contributed by atoms with van der Waals surface area (Å²) in [6.45, 7) is 3.93. The quantitative estimate of drug-likeness (QED) is 0.0456. The molecule has 258 valence electrons. The van der Waals surface area contributed by atoms with E-state index in [1.54, 1.807) is 6.08 Å². The topological polar surface area (TPSA) is 72.8 Å². The third-order valence-electron chi connectivity index (χ3n) is 7.61. The van der Waals surface area contributed by atoms with Gasteiger partial charge in [0.25, 0.3) is 0 Å². The van der Waals surface area contributed by atoms with Crippen molar-refractivity contribution in [1.82, 2.24) is 0 Å². The summed E-state index contributed by atoms with van der Waals surface area (Å²) in [6.07, 6.45) is 45.9. The Morgan fingerprint density at radius 3 is 1.36 bits per heavy atom. The summed E-state index contributed by atoms with van der Waals surface area (Å²) in [5.74, 6) is -0.739. The highest BCUT2D eigenvalue weighted by Crippen LogP contribution is 2.14. The molecule has 0 amide bonds. The molecule has 0 aliphatic carbocycles. The number of ether oxygens (including phenoxy) is 2. The molecule has 0 aliphatic rings. The molecule has 0 heterocycles. The largest absolute Gasteiger partial charge is 0.462 e. The molecule has 0 fully saturated rings. The monoisotopic (exact) mass is 629 g/mol. The van der Waals surface area contributed by atoms with Crippen LogP contribution in [0.5, 0.6) is 0 Å².